The summed E-state index contributed by atoms with van der Waals surface area (Å²) in [5.41, 5.74) is 2.16. The van der Waals surface area contributed by atoms with E-state index >= 15 is 0 Å². The lowest BCUT2D eigenvalue weighted by Crippen LogP contribution is -2.13. The Kier molecular flexibility index (Phi) is 5.53. The molecule has 3 aromatic rings. The molecule has 6 nitrogen and oxygen atoms in total. The van der Waals surface area contributed by atoms with E-state index in [1.807, 2.05) is 30.3 Å². The summed E-state index contributed by atoms with van der Waals surface area (Å²) in [6.45, 7) is -0.142. The fourth-order valence-electron chi connectivity index (χ4n) is 2.45. The Bertz CT molecular complexity index is 831. The largest absolute Gasteiger partial charge is 0.441 e. The van der Waals surface area contributed by atoms with Crippen LogP contribution in [0.3, 0.4) is 0 Å². The quantitative estimate of drug-likeness (QED) is 0.691. The minimum atomic E-state index is -0.142. The number of aliphatic hydroxyl groups excluding tert-OH is 1. The fourth-order valence-corrected chi connectivity index (χ4v) is 2.45. The van der Waals surface area contributed by atoms with Gasteiger partial charge in [0.15, 0.2) is 11.7 Å². The Balaban J connectivity index is 1.50. The SMILES string of the molecule is O=C(CCCc1ncc(-c2ccccc2)o1)Nc1cnccc1CO. The van der Waals surface area contributed by atoms with Crippen LogP contribution in [0.2, 0.25) is 0 Å². The molecule has 0 atom stereocenters. The second-order valence-electron chi connectivity index (χ2n) is 5.58. The standard InChI is InChI=1S/C19H19N3O3/c23-13-15-9-10-20-11-16(15)22-18(24)7-4-8-19-21-12-17(25-19)14-5-2-1-3-6-14/h1-3,5-6,9-12,23H,4,7-8,13H2,(H,22,24). The molecule has 0 saturated heterocycles. The molecule has 1 aromatic carbocycles. The highest BCUT2D eigenvalue weighted by molar-refractivity contribution is 5.91. The van der Waals surface area contributed by atoms with Crippen molar-refractivity contribution in [3.8, 4) is 11.3 Å². The number of aromatic nitrogens is 2. The Morgan fingerprint density at radius 3 is 2.80 bits per heavy atom. The van der Waals surface area contributed by atoms with E-state index in [0.29, 0.717) is 36.4 Å². The van der Waals surface area contributed by atoms with Gasteiger partial charge < -0.3 is 14.8 Å². The van der Waals surface area contributed by atoms with Gasteiger partial charge in [0.2, 0.25) is 5.91 Å². The maximum absolute atomic E-state index is 12.0. The second kappa shape index (κ2) is 8.21. The lowest BCUT2D eigenvalue weighted by molar-refractivity contribution is -0.116. The van der Waals surface area contributed by atoms with Gasteiger partial charge in [-0.2, -0.15) is 0 Å². The molecule has 0 aliphatic heterocycles. The highest BCUT2D eigenvalue weighted by Gasteiger charge is 2.09. The number of anilines is 1. The van der Waals surface area contributed by atoms with Gasteiger partial charge in [0.05, 0.1) is 24.7 Å². The van der Waals surface area contributed by atoms with Crippen molar-refractivity contribution < 1.29 is 14.3 Å². The van der Waals surface area contributed by atoms with Gasteiger partial charge in [0, 0.05) is 30.2 Å². The molecule has 1 amide bonds. The minimum Gasteiger partial charge on any atom is -0.441 e. The number of amides is 1. The monoisotopic (exact) mass is 337 g/mol. The van der Waals surface area contributed by atoms with Gasteiger partial charge in [0.25, 0.3) is 0 Å². The fraction of sp³-hybridized carbons (Fsp3) is 0.211. The number of carbonyl (C=O) groups is 1. The van der Waals surface area contributed by atoms with Crippen molar-refractivity contribution in [3.63, 3.8) is 0 Å². The molecule has 128 valence electrons. The van der Waals surface area contributed by atoms with Crippen molar-refractivity contribution in [3.05, 3.63) is 66.4 Å². The zero-order valence-corrected chi connectivity index (χ0v) is 13.7. The number of oxazole rings is 1. The van der Waals surface area contributed by atoms with Crippen LogP contribution in [0.5, 0.6) is 0 Å². The first-order chi connectivity index (χ1) is 12.3. The van der Waals surface area contributed by atoms with E-state index in [4.69, 9.17) is 4.42 Å². The average Bonchev–Trinajstić information content (AvgIpc) is 3.12. The first-order valence-corrected chi connectivity index (χ1v) is 8.10. The predicted octanol–water partition coefficient (Wildman–Crippen LogP) is 3.19. The summed E-state index contributed by atoms with van der Waals surface area (Å²) in [5, 5.41) is 12.0. The smallest absolute Gasteiger partial charge is 0.224 e. The first kappa shape index (κ1) is 16.9. The van der Waals surface area contributed by atoms with Gasteiger partial charge in [-0.05, 0) is 12.5 Å². The van der Waals surface area contributed by atoms with Gasteiger partial charge >= 0.3 is 0 Å². The highest BCUT2D eigenvalue weighted by Crippen LogP contribution is 2.20. The summed E-state index contributed by atoms with van der Waals surface area (Å²) in [6.07, 6.45) is 6.35. The third-order valence-corrected chi connectivity index (χ3v) is 3.76. The van der Waals surface area contributed by atoms with Crippen LogP contribution < -0.4 is 5.32 Å². The van der Waals surface area contributed by atoms with E-state index in [2.05, 4.69) is 15.3 Å². The number of rotatable bonds is 7. The van der Waals surface area contributed by atoms with Crippen molar-refractivity contribution in [2.45, 2.75) is 25.9 Å². The number of hydrogen-bond acceptors (Lipinski definition) is 5. The van der Waals surface area contributed by atoms with E-state index in [-0.39, 0.29) is 12.5 Å². The molecule has 2 N–H and O–H groups in total. The maximum atomic E-state index is 12.0. The molecule has 0 fully saturated rings. The zero-order valence-electron chi connectivity index (χ0n) is 13.7. The molecule has 2 heterocycles. The average molecular weight is 337 g/mol. The van der Waals surface area contributed by atoms with Crippen molar-refractivity contribution in [2.24, 2.45) is 0 Å². The molecule has 0 radical (unpaired) electrons. The zero-order chi connectivity index (χ0) is 17.5. The summed E-state index contributed by atoms with van der Waals surface area (Å²) >= 11 is 0. The second-order valence-corrected chi connectivity index (χ2v) is 5.58. The Hall–Kier alpha value is -2.99. The highest BCUT2D eigenvalue weighted by atomic mass is 16.4. The molecule has 0 spiro atoms. The van der Waals surface area contributed by atoms with E-state index in [1.54, 1.807) is 18.5 Å². The molecule has 0 aliphatic rings. The van der Waals surface area contributed by atoms with Gasteiger partial charge in [-0.25, -0.2) is 4.98 Å². The number of hydrogen-bond donors (Lipinski definition) is 2. The van der Waals surface area contributed by atoms with Gasteiger partial charge in [-0.3, -0.25) is 9.78 Å². The van der Waals surface area contributed by atoms with Crippen molar-refractivity contribution in [1.82, 2.24) is 9.97 Å². The number of benzene rings is 1. The summed E-state index contributed by atoms with van der Waals surface area (Å²) in [6, 6.07) is 11.4. The van der Waals surface area contributed by atoms with Crippen LogP contribution in [0.25, 0.3) is 11.3 Å². The van der Waals surface area contributed by atoms with E-state index in [9.17, 15) is 9.90 Å². The van der Waals surface area contributed by atoms with Crippen LogP contribution in [-0.2, 0) is 17.8 Å². The summed E-state index contributed by atoms with van der Waals surface area (Å²) in [5.74, 6) is 1.21. The molecule has 0 saturated carbocycles. The minimum absolute atomic E-state index is 0.127. The molecule has 0 bridgehead atoms. The van der Waals surface area contributed by atoms with Crippen LogP contribution in [0.15, 0.2) is 59.4 Å². The molecular weight excluding hydrogens is 318 g/mol. The summed E-state index contributed by atoms with van der Waals surface area (Å²) < 4.78 is 5.72. The van der Waals surface area contributed by atoms with Crippen LogP contribution in [-0.4, -0.2) is 21.0 Å². The van der Waals surface area contributed by atoms with Crippen molar-refractivity contribution >= 4 is 11.6 Å². The molecule has 3 rings (SSSR count). The number of carbonyl (C=O) groups excluding carboxylic acids is 1. The van der Waals surface area contributed by atoms with Gasteiger partial charge in [0.1, 0.15) is 0 Å². The van der Waals surface area contributed by atoms with Crippen molar-refractivity contribution in [2.75, 3.05) is 5.32 Å². The number of nitrogens with one attached hydrogen (secondary N) is 1. The molecule has 25 heavy (non-hydrogen) atoms. The molecular formula is C19H19N3O3. The van der Waals surface area contributed by atoms with E-state index in [0.717, 1.165) is 11.3 Å². The lowest BCUT2D eigenvalue weighted by Gasteiger charge is -2.08. The number of aryl methyl sites for hydroxylation is 1. The molecule has 0 aliphatic carbocycles. The normalized spacial score (nSPS) is 10.6. The van der Waals surface area contributed by atoms with Crippen LogP contribution in [0, 0.1) is 0 Å². The van der Waals surface area contributed by atoms with Crippen LogP contribution in [0.4, 0.5) is 5.69 Å². The first-order valence-electron chi connectivity index (χ1n) is 8.10. The number of aliphatic hydroxyl groups is 1. The Labute approximate surface area is 145 Å². The topological polar surface area (TPSA) is 88.3 Å². The molecule has 2 aromatic heterocycles. The Morgan fingerprint density at radius 1 is 1.16 bits per heavy atom. The summed E-state index contributed by atoms with van der Waals surface area (Å²) in [7, 11) is 0. The van der Waals surface area contributed by atoms with Crippen LogP contribution in [0.1, 0.15) is 24.3 Å². The van der Waals surface area contributed by atoms with Crippen molar-refractivity contribution in [1.29, 1.82) is 0 Å². The number of pyridine rings is 1. The molecule has 0 unspecified atom stereocenters. The van der Waals surface area contributed by atoms with Gasteiger partial charge in [-0.1, -0.05) is 30.3 Å². The Morgan fingerprint density at radius 2 is 2.00 bits per heavy atom. The van der Waals surface area contributed by atoms with Crippen LogP contribution >= 0.6 is 0 Å². The molecule has 6 heteroatoms. The predicted molar refractivity (Wildman–Crippen MR) is 93.7 cm³/mol. The van der Waals surface area contributed by atoms with E-state index in [1.165, 1.54) is 6.20 Å². The summed E-state index contributed by atoms with van der Waals surface area (Å²) in [4.78, 5) is 20.2. The number of nitrogens with zero attached hydrogens (tertiary/aromatic N) is 2. The van der Waals surface area contributed by atoms with E-state index < -0.39 is 0 Å². The maximum Gasteiger partial charge on any atom is 0.224 e. The van der Waals surface area contributed by atoms with Gasteiger partial charge in [-0.15, -0.1) is 0 Å². The third-order valence-electron chi connectivity index (χ3n) is 3.76. The third kappa shape index (κ3) is 4.51. The lowest BCUT2D eigenvalue weighted by atomic mass is 10.2.